The first kappa shape index (κ1) is 19.5. The van der Waals surface area contributed by atoms with Crippen LogP contribution >= 0.6 is 11.3 Å². The SMILES string of the molecule is O=C(COC(=O)C1CC(c2cccc(F)c2)=NO1)NC(=O)NCc1cccs1. The van der Waals surface area contributed by atoms with Gasteiger partial charge in [0.05, 0.1) is 12.3 Å². The molecule has 0 bridgehead atoms. The van der Waals surface area contributed by atoms with Crippen molar-refractivity contribution in [3.05, 3.63) is 58.0 Å². The molecule has 28 heavy (non-hydrogen) atoms. The highest BCUT2D eigenvalue weighted by atomic mass is 32.1. The topological polar surface area (TPSA) is 106 Å². The number of thiophene rings is 1. The van der Waals surface area contributed by atoms with Crippen molar-refractivity contribution >= 4 is 35.0 Å². The van der Waals surface area contributed by atoms with Crippen LogP contribution in [-0.4, -0.2) is 36.3 Å². The predicted molar refractivity (Wildman–Crippen MR) is 98.1 cm³/mol. The van der Waals surface area contributed by atoms with Crippen LogP contribution in [0.25, 0.3) is 0 Å². The van der Waals surface area contributed by atoms with E-state index < -0.39 is 36.4 Å². The summed E-state index contributed by atoms with van der Waals surface area (Å²) >= 11 is 1.47. The second kappa shape index (κ2) is 9.09. The molecule has 2 aromatic rings. The van der Waals surface area contributed by atoms with Crippen LogP contribution in [0.4, 0.5) is 9.18 Å². The molecule has 1 aliphatic heterocycles. The van der Waals surface area contributed by atoms with Gasteiger partial charge in [0, 0.05) is 16.9 Å². The quantitative estimate of drug-likeness (QED) is 0.715. The maximum absolute atomic E-state index is 13.3. The normalized spacial score (nSPS) is 15.3. The monoisotopic (exact) mass is 405 g/mol. The van der Waals surface area contributed by atoms with E-state index in [4.69, 9.17) is 9.57 Å². The number of rotatable bonds is 6. The van der Waals surface area contributed by atoms with E-state index in [0.717, 1.165) is 4.88 Å². The standard InChI is InChI=1S/C18H16FN3O5S/c19-12-4-1-3-11(7-12)14-8-15(27-22-14)17(24)26-10-16(23)21-18(25)20-9-13-5-2-6-28-13/h1-7,15H,8-10H2,(H2,20,21,23,25). The lowest BCUT2D eigenvalue weighted by Crippen LogP contribution is -2.41. The molecule has 1 aliphatic rings. The van der Waals surface area contributed by atoms with Crippen molar-refractivity contribution in [1.82, 2.24) is 10.6 Å². The van der Waals surface area contributed by atoms with E-state index in [2.05, 4.69) is 15.8 Å². The van der Waals surface area contributed by atoms with Crippen LogP contribution in [0.2, 0.25) is 0 Å². The van der Waals surface area contributed by atoms with E-state index in [1.54, 1.807) is 6.07 Å². The van der Waals surface area contributed by atoms with E-state index in [-0.39, 0.29) is 13.0 Å². The number of halogens is 1. The van der Waals surface area contributed by atoms with Gasteiger partial charge in [-0.2, -0.15) is 0 Å². The number of urea groups is 1. The Morgan fingerprint density at radius 1 is 1.29 bits per heavy atom. The molecule has 3 rings (SSSR count). The summed E-state index contributed by atoms with van der Waals surface area (Å²) in [5.41, 5.74) is 0.898. The Hall–Kier alpha value is -3.27. The molecule has 1 aromatic carbocycles. The highest BCUT2D eigenvalue weighted by molar-refractivity contribution is 7.09. The molecule has 10 heteroatoms. The number of imide groups is 1. The highest BCUT2D eigenvalue weighted by Gasteiger charge is 2.31. The molecule has 2 N–H and O–H groups in total. The van der Waals surface area contributed by atoms with Crippen LogP contribution in [0, 0.1) is 5.82 Å². The number of hydrogen-bond acceptors (Lipinski definition) is 7. The Labute approximate surface area is 163 Å². The van der Waals surface area contributed by atoms with Crippen LogP contribution in [0.3, 0.4) is 0 Å². The number of hydrogen-bond donors (Lipinski definition) is 2. The lowest BCUT2D eigenvalue weighted by atomic mass is 10.1. The average Bonchev–Trinajstić information content (AvgIpc) is 3.36. The third-order valence-corrected chi connectivity index (χ3v) is 4.57. The summed E-state index contributed by atoms with van der Waals surface area (Å²) in [6.45, 7) is -0.354. The fourth-order valence-corrected chi connectivity index (χ4v) is 3.00. The molecule has 1 aromatic heterocycles. The van der Waals surface area contributed by atoms with Crippen LogP contribution < -0.4 is 10.6 Å². The number of esters is 1. The van der Waals surface area contributed by atoms with Crippen molar-refractivity contribution in [2.24, 2.45) is 5.16 Å². The van der Waals surface area contributed by atoms with Crippen molar-refractivity contribution in [1.29, 1.82) is 0 Å². The Balaban J connectivity index is 1.38. The average molecular weight is 405 g/mol. The number of amides is 3. The molecule has 3 amide bonds. The Morgan fingerprint density at radius 2 is 2.14 bits per heavy atom. The molecule has 146 valence electrons. The molecule has 1 unspecified atom stereocenters. The van der Waals surface area contributed by atoms with Crippen LogP contribution in [0.1, 0.15) is 16.9 Å². The van der Waals surface area contributed by atoms with E-state index >= 15 is 0 Å². The number of carbonyl (C=O) groups is 3. The lowest BCUT2D eigenvalue weighted by molar-refractivity contribution is -0.158. The molecular formula is C18H16FN3O5S. The van der Waals surface area contributed by atoms with Gasteiger partial charge in [-0.25, -0.2) is 14.0 Å². The van der Waals surface area contributed by atoms with Crippen LogP contribution in [-0.2, 0) is 25.7 Å². The molecule has 0 spiro atoms. The van der Waals surface area contributed by atoms with Crippen LogP contribution in [0.15, 0.2) is 46.9 Å². The predicted octanol–water partition coefficient (Wildman–Crippen LogP) is 1.95. The number of benzene rings is 1. The summed E-state index contributed by atoms with van der Waals surface area (Å²) in [7, 11) is 0. The van der Waals surface area contributed by atoms with Gasteiger partial charge in [0.2, 0.25) is 6.10 Å². The van der Waals surface area contributed by atoms with Crippen molar-refractivity contribution < 1.29 is 28.3 Å². The first-order valence-corrected chi connectivity index (χ1v) is 9.14. The van der Waals surface area contributed by atoms with Gasteiger partial charge in [-0.3, -0.25) is 10.1 Å². The van der Waals surface area contributed by atoms with E-state index in [1.807, 2.05) is 17.5 Å². The highest BCUT2D eigenvalue weighted by Crippen LogP contribution is 2.18. The van der Waals surface area contributed by atoms with E-state index in [0.29, 0.717) is 11.3 Å². The minimum atomic E-state index is -1.03. The maximum atomic E-state index is 13.3. The Bertz CT molecular complexity index is 900. The second-order valence-corrected chi connectivity index (χ2v) is 6.80. The fraction of sp³-hybridized carbons (Fsp3) is 0.222. The van der Waals surface area contributed by atoms with Gasteiger partial charge in [-0.1, -0.05) is 23.4 Å². The van der Waals surface area contributed by atoms with Crippen molar-refractivity contribution in [3.63, 3.8) is 0 Å². The largest absolute Gasteiger partial charge is 0.453 e. The van der Waals surface area contributed by atoms with Gasteiger partial charge in [0.1, 0.15) is 5.82 Å². The smallest absolute Gasteiger partial charge is 0.351 e. The number of oxime groups is 1. The first-order valence-electron chi connectivity index (χ1n) is 8.26. The molecule has 0 aliphatic carbocycles. The van der Waals surface area contributed by atoms with E-state index in [1.165, 1.54) is 29.5 Å². The van der Waals surface area contributed by atoms with Crippen LogP contribution in [0.5, 0.6) is 0 Å². The van der Waals surface area contributed by atoms with Gasteiger partial charge in [-0.05, 0) is 23.6 Å². The second-order valence-electron chi connectivity index (χ2n) is 5.76. The summed E-state index contributed by atoms with van der Waals surface area (Å²) < 4.78 is 18.1. The minimum absolute atomic E-state index is 0.0885. The number of ether oxygens (including phenoxy) is 1. The molecule has 0 radical (unpaired) electrons. The number of nitrogens with one attached hydrogen (secondary N) is 2. The first-order chi connectivity index (χ1) is 13.5. The molecule has 0 saturated carbocycles. The van der Waals surface area contributed by atoms with Gasteiger partial charge >= 0.3 is 12.0 Å². The molecule has 8 nitrogen and oxygen atoms in total. The fourth-order valence-electron chi connectivity index (χ4n) is 2.36. The summed E-state index contributed by atoms with van der Waals surface area (Å²) in [5.74, 6) is -2.01. The summed E-state index contributed by atoms with van der Waals surface area (Å²) in [5, 5.41) is 10.2. The van der Waals surface area contributed by atoms with Crippen molar-refractivity contribution in [2.75, 3.05) is 6.61 Å². The zero-order chi connectivity index (χ0) is 19.9. The third-order valence-electron chi connectivity index (χ3n) is 3.69. The maximum Gasteiger partial charge on any atom is 0.351 e. The zero-order valence-corrected chi connectivity index (χ0v) is 15.3. The number of nitrogens with zero attached hydrogens (tertiary/aromatic N) is 1. The molecule has 0 fully saturated rings. The Kier molecular flexibility index (Phi) is 6.33. The summed E-state index contributed by atoms with van der Waals surface area (Å²) in [6, 6.07) is 8.73. The minimum Gasteiger partial charge on any atom is -0.453 e. The Morgan fingerprint density at radius 3 is 2.89 bits per heavy atom. The van der Waals surface area contributed by atoms with Gasteiger partial charge in [0.15, 0.2) is 6.61 Å². The molecule has 0 saturated heterocycles. The van der Waals surface area contributed by atoms with Crippen molar-refractivity contribution in [3.8, 4) is 0 Å². The van der Waals surface area contributed by atoms with E-state index in [9.17, 15) is 18.8 Å². The van der Waals surface area contributed by atoms with Gasteiger partial charge < -0.3 is 14.9 Å². The summed E-state index contributed by atoms with van der Waals surface area (Å²) in [4.78, 5) is 41.2. The summed E-state index contributed by atoms with van der Waals surface area (Å²) in [6.07, 6.45) is -0.940. The van der Waals surface area contributed by atoms with Crippen molar-refractivity contribution in [2.45, 2.75) is 19.1 Å². The third kappa shape index (κ3) is 5.36. The van der Waals surface area contributed by atoms with Gasteiger partial charge in [0.25, 0.3) is 5.91 Å². The lowest BCUT2D eigenvalue weighted by Gasteiger charge is -2.09. The zero-order valence-electron chi connectivity index (χ0n) is 14.5. The van der Waals surface area contributed by atoms with Gasteiger partial charge in [-0.15, -0.1) is 11.3 Å². The molecular weight excluding hydrogens is 389 g/mol. The molecule has 2 heterocycles. The molecule has 1 atom stereocenters. The number of carbonyl (C=O) groups excluding carboxylic acids is 3.